The predicted octanol–water partition coefficient (Wildman–Crippen LogP) is 3.44. The van der Waals surface area contributed by atoms with E-state index in [1.165, 1.54) is 37.5 Å². The van der Waals surface area contributed by atoms with Crippen LogP contribution in [0.2, 0.25) is 0 Å². The Balaban J connectivity index is 1.42. The van der Waals surface area contributed by atoms with Crippen molar-refractivity contribution in [3.63, 3.8) is 0 Å². The number of amides is 1. The molecule has 0 saturated carbocycles. The molecule has 1 saturated heterocycles. The van der Waals surface area contributed by atoms with Crippen LogP contribution >= 0.6 is 0 Å². The number of aromatic nitrogens is 1. The fourth-order valence-corrected chi connectivity index (χ4v) is 3.31. The molecule has 4 heteroatoms. The minimum atomic E-state index is 0.144. The van der Waals surface area contributed by atoms with Crippen LogP contribution in [0.4, 0.5) is 0 Å². The highest BCUT2D eigenvalue weighted by atomic mass is 16.1. The van der Waals surface area contributed by atoms with Gasteiger partial charge in [0.15, 0.2) is 0 Å². The topological polar surface area (TPSA) is 48.1 Å². The monoisotopic (exact) mass is 313 g/mol. The zero-order valence-corrected chi connectivity index (χ0v) is 13.8. The van der Waals surface area contributed by atoms with Crippen LogP contribution in [0.1, 0.15) is 44.2 Å². The summed E-state index contributed by atoms with van der Waals surface area (Å²) >= 11 is 0. The number of hydrogen-bond donors (Lipinski definition) is 2. The van der Waals surface area contributed by atoms with Gasteiger partial charge in [-0.1, -0.05) is 37.5 Å². The fraction of sp³-hybridized carbons (Fsp3) is 0.526. The second-order valence-electron chi connectivity index (χ2n) is 6.52. The average Bonchev–Trinajstić information content (AvgIpc) is 2.95. The Kier molecular flexibility index (Phi) is 5.70. The summed E-state index contributed by atoms with van der Waals surface area (Å²) in [6.45, 7) is 3.76. The molecular formula is C19H27N3O. The van der Waals surface area contributed by atoms with E-state index in [-0.39, 0.29) is 5.91 Å². The van der Waals surface area contributed by atoms with Gasteiger partial charge in [0.25, 0.3) is 0 Å². The largest absolute Gasteiger partial charge is 0.357 e. The molecule has 0 bridgehead atoms. The molecule has 2 aromatic rings. The number of carbonyl (C=O) groups is 1. The summed E-state index contributed by atoms with van der Waals surface area (Å²) in [6.07, 6.45) is 7.19. The summed E-state index contributed by atoms with van der Waals surface area (Å²) in [5.41, 5.74) is 2.18. The summed E-state index contributed by atoms with van der Waals surface area (Å²) in [4.78, 5) is 17.9. The summed E-state index contributed by atoms with van der Waals surface area (Å²) in [5.74, 6) is 0.144. The van der Waals surface area contributed by atoms with Gasteiger partial charge in [-0.3, -0.25) is 4.79 Å². The third-order valence-corrected chi connectivity index (χ3v) is 4.67. The van der Waals surface area contributed by atoms with Gasteiger partial charge in [-0.15, -0.1) is 0 Å². The van der Waals surface area contributed by atoms with Crippen LogP contribution in [-0.2, 0) is 11.3 Å². The van der Waals surface area contributed by atoms with E-state index in [1.807, 2.05) is 12.1 Å². The van der Waals surface area contributed by atoms with Crippen molar-refractivity contribution in [2.24, 2.45) is 0 Å². The van der Waals surface area contributed by atoms with Crippen molar-refractivity contribution in [2.75, 3.05) is 19.6 Å². The first-order chi connectivity index (χ1) is 11.3. The molecule has 0 unspecified atom stereocenters. The minimum Gasteiger partial charge on any atom is -0.357 e. The van der Waals surface area contributed by atoms with Gasteiger partial charge in [-0.2, -0.15) is 0 Å². The van der Waals surface area contributed by atoms with E-state index in [9.17, 15) is 4.79 Å². The SMILES string of the molecule is O=C(CCN1CCCCCCC1)NCc1cc2ccccc2[nH]1. The molecule has 1 aliphatic heterocycles. The van der Waals surface area contributed by atoms with Gasteiger partial charge >= 0.3 is 0 Å². The van der Waals surface area contributed by atoms with Crippen LogP contribution in [0.25, 0.3) is 10.9 Å². The number of rotatable bonds is 5. The van der Waals surface area contributed by atoms with Crippen molar-refractivity contribution in [1.82, 2.24) is 15.2 Å². The van der Waals surface area contributed by atoms with Crippen LogP contribution in [0.15, 0.2) is 30.3 Å². The van der Waals surface area contributed by atoms with E-state index in [1.54, 1.807) is 0 Å². The molecule has 1 aromatic heterocycles. The first kappa shape index (κ1) is 16.1. The van der Waals surface area contributed by atoms with Gasteiger partial charge in [0.1, 0.15) is 0 Å². The molecule has 1 aromatic carbocycles. The van der Waals surface area contributed by atoms with E-state index in [4.69, 9.17) is 0 Å². The van der Waals surface area contributed by atoms with Crippen molar-refractivity contribution in [1.29, 1.82) is 0 Å². The molecule has 2 heterocycles. The molecule has 0 spiro atoms. The molecule has 1 amide bonds. The molecule has 1 fully saturated rings. The summed E-state index contributed by atoms with van der Waals surface area (Å²) < 4.78 is 0. The van der Waals surface area contributed by atoms with Crippen LogP contribution < -0.4 is 5.32 Å². The highest BCUT2D eigenvalue weighted by Gasteiger charge is 2.10. The Hall–Kier alpha value is -1.81. The Morgan fingerprint density at radius 1 is 1.09 bits per heavy atom. The van der Waals surface area contributed by atoms with Gasteiger partial charge < -0.3 is 15.2 Å². The van der Waals surface area contributed by atoms with E-state index in [2.05, 4.69) is 33.4 Å². The van der Waals surface area contributed by atoms with Crippen molar-refractivity contribution in [3.05, 3.63) is 36.0 Å². The number of aromatic amines is 1. The normalized spacial score (nSPS) is 16.9. The van der Waals surface area contributed by atoms with Gasteiger partial charge in [-0.05, 0) is 43.5 Å². The van der Waals surface area contributed by atoms with Crippen LogP contribution in [0.5, 0.6) is 0 Å². The van der Waals surface area contributed by atoms with Crippen molar-refractivity contribution >= 4 is 16.8 Å². The lowest BCUT2D eigenvalue weighted by atomic mass is 10.1. The van der Waals surface area contributed by atoms with E-state index in [0.29, 0.717) is 13.0 Å². The number of nitrogens with one attached hydrogen (secondary N) is 2. The lowest BCUT2D eigenvalue weighted by Gasteiger charge is -2.24. The molecule has 4 nitrogen and oxygen atoms in total. The molecule has 3 rings (SSSR count). The maximum atomic E-state index is 12.1. The summed E-state index contributed by atoms with van der Waals surface area (Å²) in [7, 11) is 0. The maximum Gasteiger partial charge on any atom is 0.221 e. The second kappa shape index (κ2) is 8.16. The highest BCUT2D eigenvalue weighted by Crippen LogP contribution is 2.14. The molecule has 1 aliphatic rings. The van der Waals surface area contributed by atoms with Crippen LogP contribution in [0.3, 0.4) is 0 Å². The Bertz CT molecular complexity index is 593. The fourth-order valence-electron chi connectivity index (χ4n) is 3.31. The minimum absolute atomic E-state index is 0.144. The van der Waals surface area contributed by atoms with Gasteiger partial charge in [0.05, 0.1) is 6.54 Å². The van der Waals surface area contributed by atoms with Crippen molar-refractivity contribution < 1.29 is 4.79 Å². The van der Waals surface area contributed by atoms with Crippen LogP contribution in [0, 0.1) is 0 Å². The first-order valence-electron chi connectivity index (χ1n) is 8.87. The van der Waals surface area contributed by atoms with Gasteiger partial charge in [0, 0.05) is 24.2 Å². The number of likely N-dealkylation sites (tertiary alicyclic amines) is 1. The highest BCUT2D eigenvalue weighted by molar-refractivity contribution is 5.80. The van der Waals surface area contributed by atoms with E-state index >= 15 is 0 Å². The zero-order chi connectivity index (χ0) is 15.9. The average molecular weight is 313 g/mol. The molecule has 23 heavy (non-hydrogen) atoms. The molecule has 0 radical (unpaired) electrons. The number of hydrogen-bond acceptors (Lipinski definition) is 2. The zero-order valence-electron chi connectivity index (χ0n) is 13.8. The number of benzene rings is 1. The number of nitrogens with zero attached hydrogens (tertiary/aromatic N) is 1. The molecule has 2 N–H and O–H groups in total. The van der Waals surface area contributed by atoms with Crippen molar-refractivity contribution in [3.8, 4) is 0 Å². The third kappa shape index (κ3) is 4.83. The smallest absolute Gasteiger partial charge is 0.221 e. The Morgan fingerprint density at radius 2 is 1.83 bits per heavy atom. The maximum absolute atomic E-state index is 12.1. The van der Waals surface area contributed by atoms with E-state index < -0.39 is 0 Å². The Morgan fingerprint density at radius 3 is 2.61 bits per heavy atom. The summed E-state index contributed by atoms with van der Waals surface area (Å²) in [5, 5.41) is 4.22. The van der Waals surface area contributed by atoms with Crippen molar-refractivity contribution in [2.45, 2.75) is 45.1 Å². The number of carbonyl (C=O) groups excluding carboxylic acids is 1. The van der Waals surface area contributed by atoms with Gasteiger partial charge in [-0.25, -0.2) is 0 Å². The lowest BCUT2D eigenvalue weighted by molar-refractivity contribution is -0.121. The third-order valence-electron chi connectivity index (χ3n) is 4.67. The number of para-hydroxylation sites is 1. The lowest BCUT2D eigenvalue weighted by Crippen LogP contribution is -2.32. The molecular weight excluding hydrogens is 286 g/mol. The molecule has 124 valence electrons. The van der Waals surface area contributed by atoms with Crippen LogP contribution in [-0.4, -0.2) is 35.4 Å². The number of H-pyrrole nitrogens is 1. The second-order valence-corrected chi connectivity index (χ2v) is 6.52. The summed E-state index contributed by atoms with van der Waals surface area (Å²) in [6, 6.07) is 10.3. The Labute approximate surface area is 138 Å². The number of fused-ring (bicyclic) bond motifs is 1. The molecule has 0 aliphatic carbocycles. The van der Waals surface area contributed by atoms with Gasteiger partial charge in [0.2, 0.25) is 5.91 Å². The molecule has 0 atom stereocenters. The first-order valence-corrected chi connectivity index (χ1v) is 8.87. The standard InChI is InChI=1S/C19H27N3O/c23-19(10-13-22-11-6-2-1-3-7-12-22)20-15-17-14-16-8-4-5-9-18(16)21-17/h4-5,8-9,14,21H,1-3,6-7,10-13,15H2,(H,20,23). The van der Waals surface area contributed by atoms with E-state index in [0.717, 1.165) is 30.8 Å². The quantitative estimate of drug-likeness (QED) is 0.888. The predicted molar refractivity (Wildman–Crippen MR) is 94.3 cm³/mol.